The van der Waals surface area contributed by atoms with E-state index in [4.69, 9.17) is 9.15 Å². The van der Waals surface area contributed by atoms with Gasteiger partial charge in [-0.25, -0.2) is 0 Å². The van der Waals surface area contributed by atoms with Gasteiger partial charge in [-0.2, -0.15) is 0 Å². The first-order valence-electron chi connectivity index (χ1n) is 8.50. The molecule has 4 heterocycles. The molecule has 2 aromatic heterocycles. The standard InChI is InChI=1S/C16H23N5O3/c1-2-21-15(14-4-3-13(10-22)24-14)17-18-16(21)20-6-5-19-7-8-23-11-12(19)9-20/h3-4,12,22H,2,5-11H2,1H3. The summed E-state index contributed by atoms with van der Waals surface area (Å²) >= 11 is 0. The van der Waals surface area contributed by atoms with E-state index in [9.17, 15) is 5.11 Å². The molecule has 0 amide bonds. The minimum absolute atomic E-state index is 0.114. The number of hydrogen-bond donors (Lipinski definition) is 1. The van der Waals surface area contributed by atoms with Crippen LogP contribution in [0.5, 0.6) is 0 Å². The molecule has 0 saturated carbocycles. The van der Waals surface area contributed by atoms with Crippen LogP contribution in [0.15, 0.2) is 16.5 Å². The zero-order chi connectivity index (χ0) is 16.5. The number of rotatable bonds is 4. The van der Waals surface area contributed by atoms with E-state index in [-0.39, 0.29) is 6.61 Å². The monoisotopic (exact) mass is 333 g/mol. The third-order valence-corrected chi connectivity index (χ3v) is 4.81. The van der Waals surface area contributed by atoms with Crippen molar-refractivity contribution in [3.63, 3.8) is 0 Å². The second-order valence-corrected chi connectivity index (χ2v) is 6.20. The molecule has 0 spiro atoms. The first-order valence-corrected chi connectivity index (χ1v) is 8.50. The van der Waals surface area contributed by atoms with Gasteiger partial charge < -0.3 is 19.2 Å². The van der Waals surface area contributed by atoms with Gasteiger partial charge in [-0.1, -0.05) is 0 Å². The minimum Gasteiger partial charge on any atom is -0.455 e. The molecule has 2 fully saturated rings. The molecular weight excluding hydrogens is 310 g/mol. The van der Waals surface area contributed by atoms with E-state index in [0.29, 0.717) is 23.4 Å². The van der Waals surface area contributed by atoms with Crippen molar-refractivity contribution < 1.29 is 14.3 Å². The number of furan rings is 1. The fourth-order valence-corrected chi connectivity index (χ4v) is 3.51. The van der Waals surface area contributed by atoms with Crippen LogP contribution in [0.3, 0.4) is 0 Å². The maximum atomic E-state index is 9.18. The van der Waals surface area contributed by atoms with E-state index in [1.54, 1.807) is 6.07 Å². The number of fused-ring (bicyclic) bond motifs is 1. The summed E-state index contributed by atoms with van der Waals surface area (Å²) in [6.07, 6.45) is 0. The summed E-state index contributed by atoms with van der Waals surface area (Å²) in [6, 6.07) is 4.02. The summed E-state index contributed by atoms with van der Waals surface area (Å²) in [5, 5.41) is 17.9. The van der Waals surface area contributed by atoms with Gasteiger partial charge in [0.15, 0.2) is 5.76 Å². The molecule has 8 nitrogen and oxygen atoms in total. The molecule has 4 rings (SSSR count). The Morgan fingerprint density at radius 3 is 2.96 bits per heavy atom. The predicted octanol–water partition coefficient (Wildman–Crippen LogP) is 0.571. The molecule has 0 aromatic carbocycles. The van der Waals surface area contributed by atoms with Crippen molar-refractivity contribution in [1.29, 1.82) is 0 Å². The normalized spacial score (nSPS) is 21.9. The Labute approximate surface area is 140 Å². The van der Waals surface area contributed by atoms with Crippen molar-refractivity contribution in [2.45, 2.75) is 26.1 Å². The lowest BCUT2D eigenvalue weighted by molar-refractivity contribution is -0.0119. The lowest BCUT2D eigenvalue weighted by Gasteiger charge is -2.43. The second kappa shape index (κ2) is 6.54. The van der Waals surface area contributed by atoms with Crippen LogP contribution in [0.2, 0.25) is 0 Å². The Morgan fingerprint density at radius 1 is 1.25 bits per heavy atom. The van der Waals surface area contributed by atoms with Crippen LogP contribution in [0, 0.1) is 0 Å². The van der Waals surface area contributed by atoms with Gasteiger partial charge in [0.1, 0.15) is 12.4 Å². The van der Waals surface area contributed by atoms with Gasteiger partial charge in [-0.05, 0) is 19.1 Å². The number of aliphatic hydroxyl groups excluding tert-OH is 1. The van der Waals surface area contributed by atoms with Crippen LogP contribution in [0.1, 0.15) is 12.7 Å². The summed E-state index contributed by atoms with van der Waals surface area (Å²) in [5.41, 5.74) is 0. The molecule has 1 N–H and O–H groups in total. The number of morpholine rings is 1. The third-order valence-electron chi connectivity index (χ3n) is 4.81. The fraction of sp³-hybridized carbons (Fsp3) is 0.625. The summed E-state index contributed by atoms with van der Waals surface area (Å²) in [7, 11) is 0. The topological polar surface area (TPSA) is 79.8 Å². The van der Waals surface area contributed by atoms with Crippen molar-refractivity contribution in [3.05, 3.63) is 17.9 Å². The van der Waals surface area contributed by atoms with Crippen molar-refractivity contribution >= 4 is 5.95 Å². The predicted molar refractivity (Wildman–Crippen MR) is 87.7 cm³/mol. The van der Waals surface area contributed by atoms with Gasteiger partial charge in [0.25, 0.3) is 0 Å². The molecule has 0 aliphatic carbocycles. The molecule has 130 valence electrons. The molecule has 2 aliphatic rings. The Kier molecular flexibility index (Phi) is 4.26. The number of ether oxygens (including phenoxy) is 1. The maximum Gasteiger partial charge on any atom is 0.227 e. The molecule has 0 bridgehead atoms. The summed E-state index contributed by atoms with van der Waals surface area (Å²) < 4.78 is 13.3. The molecule has 2 aliphatic heterocycles. The summed E-state index contributed by atoms with van der Waals surface area (Å²) in [6.45, 7) is 8.21. The number of piperazine rings is 1. The number of aromatic nitrogens is 3. The van der Waals surface area contributed by atoms with Crippen LogP contribution in [0.4, 0.5) is 5.95 Å². The van der Waals surface area contributed by atoms with Crippen LogP contribution in [0.25, 0.3) is 11.6 Å². The molecule has 2 saturated heterocycles. The van der Waals surface area contributed by atoms with E-state index >= 15 is 0 Å². The Balaban J connectivity index is 1.59. The minimum atomic E-state index is -0.114. The van der Waals surface area contributed by atoms with Crippen molar-refractivity contribution in [2.24, 2.45) is 0 Å². The zero-order valence-electron chi connectivity index (χ0n) is 13.9. The van der Waals surface area contributed by atoms with Crippen molar-refractivity contribution in [1.82, 2.24) is 19.7 Å². The quantitative estimate of drug-likeness (QED) is 0.876. The van der Waals surface area contributed by atoms with E-state index in [0.717, 1.165) is 51.9 Å². The lowest BCUT2D eigenvalue weighted by atomic mass is 10.1. The molecule has 1 unspecified atom stereocenters. The average Bonchev–Trinajstić information content (AvgIpc) is 3.27. The number of nitrogens with zero attached hydrogens (tertiary/aromatic N) is 5. The Hall–Kier alpha value is -1.90. The van der Waals surface area contributed by atoms with E-state index in [2.05, 4.69) is 31.5 Å². The number of anilines is 1. The van der Waals surface area contributed by atoms with Crippen LogP contribution < -0.4 is 4.90 Å². The fourth-order valence-electron chi connectivity index (χ4n) is 3.51. The highest BCUT2D eigenvalue weighted by molar-refractivity contribution is 5.52. The Bertz CT molecular complexity index is 698. The highest BCUT2D eigenvalue weighted by atomic mass is 16.5. The highest BCUT2D eigenvalue weighted by Crippen LogP contribution is 2.26. The molecule has 1 atom stereocenters. The smallest absolute Gasteiger partial charge is 0.227 e. The lowest BCUT2D eigenvalue weighted by Crippen LogP contribution is -2.58. The van der Waals surface area contributed by atoms with Gasteiger partial charge in [0, 0.05) is 32.7 Å². The Morgan fingerprint density at radius 2 is 2.17 bits per heavy atom. The molecule has 2 aromatic rings. The highest BCUT2D eigenvalue weighted by Gasteiger charge is 2.32. The van der Waals surface area contributed by atoms with Gasteiger partial charge in [0.05, 0.1) is 19.3 Å². The molecule has 8 heteroatoms. The molecule has 24 heavy (non-hydrogen) atoms. The van der Waals surface area contributed by atoms with Gasteiger partial charge in [-0.15, -0.1) is 10.2 Å². The maximum absolute atomic E-state index is 9.18. The van der Waals surface area contributed by atoms with Gasteiger partial charge in [0.2, 0.25) is 11.8 Å². The van der Waals surface area contributed by atoms with E-state index in [1.165, 1.54) is 0 Å². The number of aliphatic hydroxyl groups is 1. The zero-order valence-corrected chi connectivity index (χ0v) is 13.9. The first kappa shape index (κ1) is 15.6. The average molecular weight is 333 g/mol. The summed E-state index contributed by atoms with van der Waals surface area (Å²) in [5.74, 6) is 2.75. The van der Waals surface area contributed by atoms with E-state index in [1.807, 2.05) is 6.07 Å². The largest absolute Gasteiger partial charge is 0.455 e. The summed E-state index contributed by atoms with van der Waals surface area (Å²) in [4.78, 5) is 4.78. The molecule has 0 radical (unpaired) electrons. The van der Waals surface area contributed by atoms with Gasteiger partial charge >= 0.3 is 0 Å². The van der Waals surface area contributed by atoms with Crippen LogP contribution in [-0.2, 0) is 17.9 Å². The van der Waals surface area contributed by atoms with Crippen molar-refractivity contribution in [2.75, 3.05) is 44.3 Å². The molecular formula is C16H23N5O3. The number of hydrogen-bond acceptors (Lipinski definition) is 7. The van der Waals surface area contributed by atoms with Crippen LogP contribution in [-0.4, -0.2) is 70.2 Å². The van der Waals surface area contributed by atoms with Crippen LogP contribution >= 0.6 is 0 Å². The second-order valence-electron chi connectivity index (χ2n) is 6.20. The first-order chi connectivity index (χ1) is 11.8. The SMILES string of the molecule is CCn1c(-c2ccc(CO)o2)nnc1N1CCN2CCOCC2C1. The van der Waals surface area contributed by atoms with E-state index < -0.39 is 0 Å². The van der Waals surface area contributed by atoms with Gasteiger partial charge in [-0.3, -0.25) is 9.47 Å². The third kappa shape index (κ3) is 2.70. The van der Waals surface area contributed by atoms with Crippen molar-refractivity contribution in [3.8, 4) is 11.6 Å².